The van der Waals surface area contributed by atoms with E-state index in [1.807, 2.05) is 6.07 Å². The predicted molar refractivity (Wildman–Crippen MR) is 95.8 cm³/mol. The van der Waals surface area contributed by atoms with Gasteiger partial charge in [0.25, 0.3) is 0 Å². The van der Waals surface area contributed by atoms with E-state index in [4.69, 9.17) is 10.5 Å². The molecule has 0 aromatic carbocycles. The van der Waals surface area contributed by atoms with E-state index in [0.717, 1.165) is 51.1 Å². The van der Waals surface area contributed by atoms with Crippen molar-refractivity contribution in [3.05, 3.63) is 17.7 Å². The Hall–Kier alpha value is -1.37. The van der Waals surface area contributed by atoms with Crippen LogP contribution in [0, 0.1) is 0 Å². The van der Waals surface area contributed by atoms with Gasteiger partial charge in [-0.05, 0) is 57.2 Å². The number of aromatic nitrogens is 1. The highest BCUT2D eigenvalue weighted by Gasteiger charge is 2.23. The van der Waals surface area contributed by atoms with E-state index in [0.29, 0.717) is 11.9 Å². The number of nitrogens with two attached hydrogens (primary N) is 1. The lowest BCUT2D eigenvalue weighted by molar-refractivity contribution is -0.0704. The molecule has 2 aliphatic rings. The third-order valence-electron chi connectivity index (χ3n) is 4.86. The van der Waals surface area contributed by atoms with Crippen molar-refractivity contribution in [3.8, 4) is 0 Å². The molecule has 0 amide bonds. The van der Waals surface area contributed by atoms with Gasteiger partial charge in [0.1, 0.15) is 11.6 Å². The Morgan fingerprint density at radius 3 is 2.54 bits per heavy atom. The van der Waals surface area contributed by atoms with Crippen molar-refractivity contribution in [1.82, 2.24) is 9.88 Å². The number of nitrogen functional groups attached to an aromatic ring is 1. The monoisotopic (exact) mass is 334 g/mol. The number of hydrogen-bond donors (Lipinski definition) is 3. The van der Waals surface area contributed by atoms with E-state index in [1.165, 1.54) is 5.56 Å². The summed E-state index contributed by atoms with van der Waals surface area (Å²) >= 11 is 0. The fourth-order valence-corrected chi connectivity index (χ4v) is 3.88. The number of aliphatic hydroxyl groups excluding tert-OH is 1. The minimum Gasteiger partial charge on any atom is -0.393 e. The van der Waals surface area contributed by atoms with Crippen molar-refractivity contribution in [3.63, 3.8) is 0 Å². The second kappa shape index (κ2) is 7.68. The van der Waals surface area contributed by atoms with Gasteiger partial charge in [0.05, 0.1) is 18.3 Å². The molecule has 1 aromatic heterocycles. The van der Waals surface area contributed by atoms with Crippen LogP contribution in [0.5, 0.6) is 0 Å². The first-order valence-electron chi connectivity index (χ1n) is 9.07. The largest absolute Gasteiger partial charge is 0.393 e. The number of nitrogens with one attached hydrogen (secondary N) is 1. The zero-order valence-corrected chi connectivity index (χ0v) is 14.7. The Kier molecular flexibility index (Phi) is 5.58. The highest BCUT2D eigenvalue weighted by molar-refractivity contribution is 5.47. The van der Waals surface area contributed by atoms with E-state index in [-0.39, 0.29) is 18.3 Å². The average molecular weight is 334 g/mol. The van der Waals surface area contributed by atoms with Gasteiger partial charge in [0, 0.05) is 25.7 Å². The molecule has 6 nitrogen and oxygen atoms in total. The van der Waals surface area contributed by atoms with Gasteiger partial charge in [0.2, 0.25) is 0 Å². The highest BCUT2D eigenvalue weighted by Crippen LogP contribution is 2.23. The van der Waals surface area contributed by atoms with Crippen molar-refractivity contribution in [2.24, 2.45) is 0 Å². The number of anilines is 2. The van der Waals surface area contributed by atoms with Crippen molar-refractivity contribution >= 4 is 11.6 Å². The normalized spacial score (nSPS) is 31.8. The topological polar surface area (TPSA) is 83.6 Å². The highest BCUT2D eigenvalue weighted by atomic mass is 16.5. The molecule has 1 saturated carbocycles. The van der Waals surface area contributed by atoms with Crippen molar-refractivity contribution in [2.45, 2.75) is 70.4 Å². The number of morpholine rings is 1. The standard InChI is InChI=1S/C18H30N4O2/c1-12-9-22(10-13(2)24-12)11-14-7-17(19)21-18(8-14)20-15-3-5-16(23)6-4-15/h7-8,12-13,15-16,23H,3-6,9-11H2,1-2H3,(H3,19,20,21)/t12-,13+,15?,16?. The van der Waals surface area contributed by atoms with Crippen LogP contribution >= 0.6 is 0 Å². The van der Waals surface area contributed by atoms with Crippen LogP contribution in [0.2, 0.25) is 0 Å². The third kappa shape index (κ3) is 4.82. The molecule has 134 valence electrons. The minimum atomic E-state index is -0.141. The van der Waals surface area contributed by atoms with Crippen LogP contribution in [0.4, 0.5) is 11.6 Å². The van der Waals surface area contributed by atoms with Crippen molar-refractivity contribution in [2.75, 3.05) is 24.1 Å². The Bertz CT molecular complexity index is 536. The molecule has 3 rings (SSSR count). The van der Waals surface area contributed by atoms with Crippen LogP contribution < -0.4 is 11.1 Å². The molecule has 0 spiro atoms. The molecule has 1 saturated heterocycles. The number of rotatable bonds is 4. The van der Waals surface area contributed by atoms with Crippen LogP contribution in [0.1, 0.15) is 45.1 Å². The quantitative estimate of drug-likeness (QED) is 0.781. The Morgan fingerprint density at radius 2 is 1.88 bits per heavy atom. The van der Waals surface area contributed by atoms with Crippen molar-refractivity contribution in [1.29, 1.82) is 0 Å². The fourth-order valence-electron chi connectivity index (χ4n) is 3.88. The van der Waals surface area contributed by atoms with Crippen LogP contribution in [0.3, 0.4) is 0 Å². The summed E-state index contributed by atoms with van der Waals surface area (Å²) in [6, 6.07) is 4.44. The van der Waals surface area contributed by atoms with Gasteiger partial charge < -0.3 is 20.9 Å². The summed E-state index contributed by atoms with van der Waals surface area (Å²) in [5.41, 5.74) is 7.19. The van der Waals surface area contributed by atoms with Gasteiger partial charge in [-0.3, -0.25) is 4.90 Å². The lowest BCUT2D eigenvalue weighted by Gasteiger charge is -2.35. The van der Waals surface area contributed by atoms with E-state index in [2.05, 4.69) is 35.1 Å². The van der Waals surface area contributed by atoms with Crippen LogP contribution in [0.25, 0.3) is 0 Å². The second-order valence-electron chi connectivity index (χ2n) is 7.39. The molecule has 4 N–H and O–H groups in total. The van der Waals surface area contributed by atoms with Gasteiger partial charge in [0.15, 0.2) is 0 Å². The molecule has 0 bridgehead atoms. The number of hydrogen-bond acceptors (Lipinski definition) is 6. The van der Waals surface area contributed by atoms with E-state index < -0.39 is 0 Å². The Balaban J connectivity index is 1.63. The third-order valence-corrected chi connectivity index (χ3v) is 4.86. The minimum absolute atomic E-state index is 0.141. The van der Waals surface area contributed by atoms with E-state index in [1.54, 1.807) is 0 Å². The Labute approximate surface area is 144 Å². The predicted octanol–water partition coefficient (Wildman–Crippen LogP) is 1.99. The van der Waals surface area contributed by atoms with Crippen LogP contribution in [0.15, 0.2) is 12.1 Å². The van der Waals surface area contributed by atoms with E-state index >= 15 is 0 Å². The summed E-state index contributed by atoms with van der Waals surface area (Å²) in [7, 11) is 0. The Morgan fingerprint density at radius 1 is 1.21 bits per heavy atom. The van der Waals surface area contributed by atoms with Gasteiger partial charge in [-0.2, -0.15) is 0 Å². The number of pyridine rings is 1. The summed E-state index contributed by atoms with van der Waals surface area (Å²) in [4.78, 5) is 6.84. The van der Waals surface area contributed by atoms with Gasteiger partial charge in [-0.25, -0.2) is 4.98 Å². The molecule has 2 fully saturated rings. The van der Waals surface area contributed by atoms with Gasteiger partial charge in [-0.1, -0.05) is 0 Å². The summed E-state index contributed by atoms with van der Waals surface area (Å²) in [6.45, 7) is 6.98. The van der Waals surface area contributed by atoms with E-state index in [9.17, 15) is 5.11 Å². The maximum absolute atomic E-state index is 9.63. The zero-order valence-electron chi connectivity index (χ0n) is 14.7. The molecule has 6 heteroatoms. The SMILES string of the molecule is C[C@@H]1CN(Cc2cc(N)nc(NC3CCC(O)CC3)c2)C[C@H](C)O1. The summed E-state index contributed by atoms with van der Waals surface area (Å²) in [5, 5.41) is 13.1. The molecule has 2 heterocycles. The fraction of sp³-hybridized carbons (Fsp3) is 0.722. The molecular formula is C18H30N4O2. The lowest BCUT2D eigenvalue weighted by Crippen LogP contribution is -2.44. The average Bonchev–Trinajstić information content (AvgIpc) is 2.48. The first kappa shape index (κ1) is 17.5. The van der Waals surface area contributed by atoms with Crippen LogP contribution in [-0.4, -0.2) is 52.4 Å². The zero-order chi connectivity index (χ0) is 17.1. The first-order valence-corrected chi connectivity index (χ1v) is 9.07. The van der Waals surface area contributed by atoms with Crippen molar-refractivity contribution < 1.29 is 9.84 Å². The summed E-state index contributed by atoms with van der Waals surface area (Å²) < 4.78 is 5.80. The lowest BCUT2D eigenvalue weighted by atomic mass is 9.93. The molecule has 1 aromatic rings. The maximum atomic E-state index is 9.63. The molecule has 1 aliphatic carbocycles. The number of aliphatic hydroxyl groups is 1. The molecule has 24 heavy (non-hydrogen) atoms. The molecule has 0 radical (unpaired) electrons. The molecule has 1 aliphatic heterocycles. The number of nitrogens with zero attached hydrogens (tertiary/aromatic N) is 2. The molecule has 2 atom stereocenters. The number of ether oxygens (including phenoxy) is 1. The van der Waals surface area contributed by atoms with Gasteiger partial charge in [-0.15, -0.1) is 0 Å². The molecular weight excluding hydrogens is 304 g/mol. The first-order chi connectivity index (χ1) is 11.5. The van der Waals surface area contributed by atoms with Gasteiger partial charge >= 0.3 is 0 Å². The molecule has 0 unspecified atom stereocenters. The smallest absolute Gasteiger partial charge is 0.128 e. The van der Waals surface area contributed by atoms with Crippen LogP contribution in [-0.2, 0) is 11.3 Å². The maximum Gasteiger partial charge on any atom is 0.128 e. The second-order valence-corrected chi connectivity index (χ2v) is 7.39. The summed E-state index contributed by atoms with van der Waals surface area (Å²) in [5.74, 6) is 1.40. The summed E-state index contributed by atoms with van der Waals surface area (Å²) in [6.07, 6.45) is 4.06.